The third-order valence-electron chi connectivity index (χ3n) is 6.03. The molecule has 0 aromatic rings. The van der Waals surface area contributed by atoms with Crippen LogP contribution in [0.2, 0.25) is 0 Å². The molecular formula is C23H32O9. The molecule has 9 nitrogen and oxygen atoms in total. The molecule has 0 aromatic heterocycles. The van der Waals surface area contributed by atoms with E-state index in [1.54, 1.807) is 13.0 Å². The molecule has 0 bridgehead atoms. The van der Waals surface area contributed by atoms with Crippen molar-refractivity contribution < 1.29 is 43.2 Å². The van der Waals surface area contributed by atoms with Crippen LogP contribution in [0.5, 0.6) is 0 Å². The Hall–Kier alpha value is -2.68. The van der Waals surface area contributed by atoms with Crippen LogP contribution in [-0.4, -0.2) is 61.0 Å². The molecule has 1 heterocycles. The summed E-state index contributed by atoms with van der Waals surface area (Å²) < 4.78 is 21.7. The molecule has 0 unspecified atom stereocenters. The zero-order chi connectivity index (χ0) is 24.0. The van der Waals surface area contributed by atoms with Crippen LogP contribution in [0.15, 0.2) is 23.8 Å². The van der Waals surface area contributed by atoms with Crippen LogP contribution in [-0.2, 0) is 38.1 Å². The second-order valence-corrected chi connectivity index (χ2v) is 8.25. The molecule has 0 spiro atoms. The van der Waals surface area contributed by atoms with E-state index in [1.165, 1.54) is 14.0 Å². The highest BCUT2D eigenvalue weighted by molar-refractivity contribution is 5.92. The van der Waals surface area contributed by atoms with Crippen molar-refractivity contribution in [3.63, 3.8) is 0 Å². The number of allylic oxidation sites excluding steroid dienone is 1. The van der Waals surface area contributed by atoms with Gasteiger partial charge in [0.05, 0.1) is 24.5 Å². The van der Waals surface area contributed by atoms with Crippen molar-refractivity contribution in [2.45, 2.75) is 64.8 Å². The van der Waals surface area contributed by atoms with Gasteiger partial charge in [-0.05, 0) is 31.6 Å². The highest BCUT2D eigenvalue weighted by Crippen LogP contribution is 2.40. The van der Waals surface area contributed by atoms with E-state index in [9.17, 15) is 24.3 Å². The van der Waals surface area contributed by atoms with E-state index in [2.05, 4.69) is 6.58 Å². The Kier molecular flexibility index (Phi) is 9.00. The number of rotatable bonds is 6. The number of aliphatic hydroxyl groups excluding tert-OH is 1. The van der Waals surface area contributed by atoms with Crippen molar-refractivity contribution in [3.8, 4) is 0 Å². The molecule has 0 amide bonds. The first-order valence-corrected chi connectivity index (χ1v) is 10.8. The van der Waals surface area contributed by atoms with Gasteiger partial charge in [-0.25, -0.2) is 9.59 Å². The number of carbonyl (C=O) groups is 4. The van der Waals surface area contributed by atoms with E-state index in [4.69, 9.17) is 18.9 Å². The Morgan fingerprint density at radius 1 is 1.31 bits per heavy atom. The van der Waals surface area contributed by atoms with Gasteiger partial charge in [0.15, 0.2) is 12.2 Å². The molecule has 0 aromatic carbocycles. The lowest BCUT2D eigenvalue weighted by molar-refractivity contribution is -0.174. The molecule has 2 rings (SSSR count). The van der Waals surface area contributed by atoms with Crippen LogP contribution in [0.25, 0.3) is 0 Å². The fourth-order valence-corrected chi connectivity index (χ4v) is 4.00. The maximum atomic E-state index is 12.8. The van der Waals surface area contributed by atoms with Crippen molar-refractivity contribution in [2.24, 2.45) is 17.8 Å². The van der Waals surface area contributed by atoms with E-state index in [1.807, 2.05) is 6.92 Å². The lowest BCUT2D eigenvalue weighted by Crippen LogP contribution is -2.47. The van der Waals surface area contributed by atoms with E-state index in [0.29, 0.717) is 25.7 Å². The quantitative estimate of drug-likeness (QED) is 0.365. The second kappa shape index (κ2) is 11.3. The number of fused-ring (bicyclic) bond motifs is 1. The standard InChI is InChI=1S/C23H32O9/c1-6-12(2)21(26)32-20-18-13(3)22(27)31-17(18)10-15(11-24)8-7-9-16(23(28)29-5)19(20)30-14(4)25/h9,12,15,17-20,24H,3,6-8,10-11H2,1-2,4-5H3/b16-9+/t12-,15-,17-,18-,19+,20+/m1/s1. The molecule has 1 aliphatic carbocycles. The number of methoxy groups -OCH3 is 1. The summed E-state index contributed by atoms with van der Waals surface area (Å²) in [4.78, 5) is 49.8. The van der Waals surface area contributed by atoms with E-state index < -0.39 is 54.0 Å². The van der Waals surface area contributed by atoms with Gasteiger partial charge in [-0.3, -0.25) is 9.59 Å². The summed E-state index contributed by atoms with van der Waals surface area (Å²) in [5.74, 6) is -4.26. The maximum absolute atomic E-state index is 12.8. The van der Waals surface area contributed by atoms with Gasteiger partial charge < -0.3 is 24.1 Å². The Morgan fingerprint density at radius 3 is 2.56 bits per heavy atom. The highest BCUT2D eigenvalue weighted by atomic mass is 16.6. The molecule has 32 heavy (non-hydrogen) atoms. The van der Waals surface area contributed by atoms with Crippen LogP contribution in [0.4, 0.5) is 0 Å². The third-order valence-corrected chi connectivity index (χ3v) is 6.03. The summed E-state index contributed by atoms with van der Waals surface area (Å²) in [6.07, 6.45) is -0.105. The van der Waals surface area contributed by atoms with E-state index in [0.717, 1.165) is 0 Å². The Morgan fingerprint density at radius 2 is 2.00 bits per heavy atom. The summed E-state index contributed by atoms with van der Waals surface area (Å²) in [6, 6.07) is 0. The Balaban J connectivity index is 2.66. The van der Waals surface area contributed by atoms with Gasteiger partial charge in [0, 0.05) is 19.1 Å². The number of carbonyl (C=O) groups excluding carboxylic acids is 4. The van der Waals surface area contributed by atoms with E-state index in [-0.39, 0.29) is 23.7 Å². The zero-order valence-electron chi connectivity index (χ0n) is 19.0. The molecule has 0 radical (unpaired) electrons. The summed E-state index contributed by atoms with van der Waals surface area (Å²) in [5, 5.41) is 9.80. The number of hydrogen-bond donors (Lipinski definition) is 1. The topological polar surface area (TPSA) is 125 Å². The maximum Gasteiger partial charge on any atom is 0.337 e. The fourth-order valence-electron chi connectivity index (χ4n) is 4.00. The Labute approximate surface area is 187 Å². The van der Waals surface area contributed by atoms with Gasteiger partial charge in [-0.15, -0.1) is 0 Å². The van der Waals surface area contributed by atoms with Crippen molar-refractivity contribution >= 4 is 23.9 Å². The summed E-state index contributed by atoms with van der Waals surface area (Å²) in [6.45, 7) is 8.34. The molecule has 178 valence electrons. The van der Waals surface area contributed by atoms with Crippen molar-refractivity contribution in [1.29, 1.82) is 0 Å². The van der Waals surface area contributed by atoms with Gasteiger partial charge in [0.2, 0.25) is 0 Å². The van der Waals surface area contributed by atoms with Gasteiger partial charge in [0.25, 0.3) is 0 Å². The number of ether oxygens (including phenoxy) is 4. The van der Waals surface area contributed by atoms with Crippen molar-refractivity contribution in [1.82, 2.24) is 0 Å². The summed E-state index contributed by atoms with van der Waals surface area (Å²) in [7, 11) is 1.19. The Bertz CT molecular complexity index is 784. The third kappa shape index (κ3) is 5.76. The van der Waals surface area contributed by atoms with E-state index >= 15 is 0 Å². The predicted octanol–water partition coefficient (Wildman–Crippen LogP) is 1.87. The first kappa shape index (κ1) is 25.6. The van der Waals surface area contributed by atoms with Crippen molar-refractivity contribution in [2.75, 3.05) is 13.7 Å². The SMILES string of the molecule is C=C1C(=O)O[C@@H]2C[C@H](CO)CC/C=C(/C(=O)OC)[C@H](OC(C)=O)[C@@H](OC(=O)[C@H](C)CC)[C@H]12. The van der Waals surface area contributed by atoms with Crippen LogP contribution < -0.4 is 0 Å². The lowest BCUT2D eigenvalue weighted by Gasteiger charge is -2.35. The lowest BCUT2D eigenvalue weighted by atomic mass is 9.80. The smallest absolute Gasteiger partial charge is 0.337 e. The van der Waals surface area contributed by atoms with Crippen LogP contribution in [0, 0.1) is 17.8 Å². The first-order chi connectivity index (χ1) is 15.1. The minimum Gasteiger partial charge on any atom is -0.466 e. The van der Waals surface area contributed by atoms with Gasteiger partial charge >= 0.3 is 23.9 Å². The average molecular weight is 453 g/mol. The largest absolute Gasteiger partial charge is 0.466 e. The molecule has 1 fully saturated rings. The molecule has 1 aliphatic heterocycles. The van der Waals surface area contributed by atoms with Gasteiger partial charge in [0.1, 0.15) is 6.10 Å². The normalized spacial score (nSPS) is 30.8. The minimum atomic E-state index is -1.32. The van der Waals surface area contributed by atoms with Crippen LogP contribution >= 0.6 is 0 Å². The summed E-state index contributed by atoms with van der Waals surface area (Å²) >= 11 is 0. The van der Waals surface area contributed by atoms with Gasteiger partial charge in [-0.1, -0.05) is 26.5 Å². The zero-order valence-corrected chi connectivity index (χ0v) is 19.0. The molecule has 1 N–H and O–H groups in total. The first-order valence-electron chi connectivity index (χ1n) is 10.8. The molecular weight excluding hydrogens is 420 g/mol. The second-order valence-electron chi connectivity index (χ2n) is 8.25. The molecule has 0 saturated carbocycles. The molecule has 2 aliphatic rings. The summed E-state index contributed by atoms with van der Waals surface area (Å²) in [5.41, 5.74) is 0.0460. The average Bonchev–Trinajstić information content (AvgIpc) is 3.04. The van der Waals surface area contributed by atoms with Gasteiger partial charge in [-0.2, -0.15) is 0 Å². The molecule has 6 atom stereocenters. The number of aliphatic hydroxyl groups is 1. The van der Waals surface area contributed by atoms with Crippen molar-refractivity contribution in [3.05, 3.63) is 23.8 Å². The molecule has 9 heteroatoms. The number of hydrogen-bond acceptors (Lipinski definition) is 9. The predicted molar refractivity (Wildman–Crippen MR) is 112 cm³/mol. The minimum absolute atomic E-state index is 0.00543. The fraction of sp³-hybridized carbons (Fsp3) is 0.652. The monoisotopic (exact) mass is 452 g/mol. The molecule has 1 saturated heterocycles. The van der Waals surface area contributed by atoms with Crippen LogP contribution in [0.3, 0.4) is 0 Å². The number of esters is 4. The highest BCUT2D eigenvalue weighted by Gasteiger charge is 2.51. The van der Waals surface area contributed by atoms with Crippen LogP contribution in [0.1, 0.15) is 46.5 Å².